The predicted octanol–water partition coefficient (Wildman–Crippen LogP) is 1.86. The second kappa shape index (κ2) is 8.35. The largest absolute Gasteiger partial charge is 0.354 e. The Bertz CT molecular complexity index is 383. The van der Waals surface area contributed by atoms with E-state index in [1.165, 1.54) is 6.42 Å². The second-order valence-electron chi connectivity index (χ2n) is 4.85. The maximum Gasteiger partial charge on any atom is 0.220 e. The van der Waals surface area contributed by atoms with Crippen LogP contribution in [0.25, 0.3) is 0 Å². The molecule has 19 heavy (non-hydrogen) atoms. The zero-order valence-electron chi connectivity index (χ0n) is 10.8. The van der Waals surface area contributed by atoms with E-state index in [-0.39, 0.29) is 36.3 Å². The molecule has 0 atom stereocenters. The van der Waals surface area contributed by atoms with Gasteiger partial charge in [-0.3, -0.25) is 9.78 Å². The van der Waals surface area contributed by atoms with Gasteiger partial charge < -0.3 is 11.1 Å². The number of hydrogen-bond acceptors (Lipinski definition) is 3. The van der Waals surface area contributed by atoms with Crippen LogP contribution in [0.1, 0.15) is 31.2 Å². The van der Waals surface area contributed by atoms with Crippen molar-refractivity contribution in [2.75, 3.05) is 6.54 Å². The van der Waals surface area contributed by atoms with E-state index in [1.807, 2.05) is 12.1 Å². The van der Waals surface area contributed by atoms with Crippen LogP contribution >= 0.6 is 24.8 Å². The Kier molecular flexibility index (Phi) is 7.99. The first-order valence-corrected chi connectivity index (χ1v) is 6.12. The molecular formula is C13H21Cl2N3O. The fourth-order valence-electron chi connectivity index (χ4n) is 1.98. The number of rotatable bonds is 5. The van der Waals surface area contributed by atoms with Crippen LogP contribution in [0, 0.1) is 0 Å². The van der Waals surface area contributed by atoms with Gasteiger partial charge in [0, 0.05) is 30.9 Å². The SMILES string of the molecule is Cl.Cl.NC1(CNC(=O)CCc2ccncc2)CCC1. The zero-order valence-corrected chi connectivity index (χ0v) is 12.4. The van der Waals surface area contributed by atoms with Gasteiger partial charge in [-0.2, -0.15) is 0 Å². The van der Waals surface area contributed by atoms with Crippen LogP contribution in [0.2, 0.25) is 0 Å². The molecule has 0 aliphatic heterocycles. The van der Waals surface area contributed by atoms with Crippen molar-refractivity contribution in [3.05, 3.63) is 30.1 Å². The fraction of sp³-hybridized carbons (Fsp3) is 0.538. The second-order valence-corrected chi connectivity index (χ2v) is 4.85. The first-order chi connectivity index (χ1) is 8.18. The van der Waals surface area contributed by atoms with Gasteiger partial charge in [-0.1, -0.05) is 0 Å². The van der Waals surface area contributed by atoms with E-state index >= 15 is 0 Å². The third-order valence-electron chi connectivity index (χ3n) is 3.38. The smallest absolute Gasteiger partial charge is 0.220 e. The lowest BCUT2D eigenvalue weighted by atomic mass is 9.78. The molecule has 108 valence electrons. The Labute approximate surface area is 126 Å². The number of nitrogens with zero attached hydrogens (tertiary/aromatic N) is 1. The summed E-state index contributed by atoms with van der Waals surface area (Å²) in [6, 6.07) is 3.87. The maximum atomic E-state index is 11.6. The Morgan fingerprint density at radius 3 is 2.47 bits per heavy atom. The summed E-state index contributed by atoms with van der Waals surface area (Å²) in [6.45, 7) is 0.613. The number of aryl methyl sites for hydroxylation is 1. The van der Waals surface area contributed by atoms with Crippen LogP contribution in [0.15, 0.2) is 24.5 Å². The minimum absolute atomic E-state index is 0. The molecule has 1 aromatic rings. The van der Waals surface area contributed by atoms with Gasteiger partial charge in [0.2, 0.25) is 5.91 Å². The number of carbonyl (C=O) groups excluding carboxylic acids is 1. The lowest BCUT2D eigenvalue weighted by Crippen LogP contribution is -2.54. The van der Waals surface area contributed by atoms with E-state index in [0.717, 1.165) is 24.8 Å². The van der Waals surface area contributed by atoms with E-state index in [0.29, 0.717) is 13.0 Å². The third-order valence-corrected chi connectivity index (χ3v) is 3.38. The summed E-state index contributed by atoms with van der Waals surface area (Å²) in [5.74, 6) is 0.0820. The molecule has 6 heteroatoms. The van der Waals surface area contributed by atoms with Crippen molar-refractivity contribution in [1.82, 2.24) is 10.3 Å². The van der Waals surface area contributed by atoms with Crippen LogP contribution in [-0.4, -0.2) is 23.0 Å². The summed E-state index contributed by atoms with van der Waals surface area (Å²) in [5, 5.41) is 2.92. The highest BCUT2D eigenvalue weighted by atomic mass is 35.5. The minimum atomic E-state index is -0.133. The number of amides is 1. The van der Waals surface area contributed by atoms with Crippen LogP contribution in [0.3, 0.4) is 0 Å². The van der Waals surface area contributed by atoms with Crippen LogP contribution < -0.4 is 11.1 Å². The standard InChI is InChI=1S/C13H19N3O.2ClH/c14-13(6-1-7-13)10-16-12(17)3-2-11-4-8-15-9-5-11;;/h4-5,8-9H,1-3,6-7,10,14H2,(H,16,17);2*1H. The normalized spacial score (nSPS) is 15.4. The van der Waals surface area contributed by atoms with Crippen molar-refractivity contribution in [1.29, 1.82) is 0 Å². The maximum absolute atomic E-state index is 11.6. The average Bonchev–Trinajstić information content (AvgIpc) is 2.33. The first kappa shape index (κ1) is 18.2. The molecule has 2 rings (SSSR count). The number of aromatic nitrogens is 1. The van der Waals surface area contributed by atoms with E-state index in [1.54, 1.807) is 12.4 Å². The van der Waals surface area contributed by atoms with Crippen molar-refractivity contribution in [2.24, 2.45) is 5.73 Å². The van der Waals surface area contributed by atoms with E-state index < -0.39 is 0 Å². The Hall–Kier alpha value is -0.840. The molecular weight excluding hydrogens is 285 g/mol. The molecule has 4 nitrogen and oxygen atoms in total. The molecule has 1 aliphatic carbocycles. The molecule has 1 heterocycles. The number of carbonyl (C=O) groups is 1. The summed E-state index contributed by atoms with van der Waals surface area (Å²) in [6.07, 6.45) is 8.00. The van der Waals surface area contributed by atoms with Crippen molar-refractivity contribution in [3.8, 4) is 0 Å². The van der Waals surface area contributed by atoms with Gasteiger partial charge in [-0.25, -0.2) is 0 Å². The molecule has 1 amide bonds. The molecule has 0 bridgehead atoms. The molecule has 0 aromatic carbocycles. The van der Waals surface area contributed by atoms with Crippen molar-refractivity contribution < 1.29 is 4.79 Å². The Morgan fingerprint density at radius 1 is 1.32 bits per heavy atom. The predicted molar refractivity (Wildman–Crippen MR) is 80.8 cm³/mol. The quantitative estimate of drug-likeness (QED) is 0.872. The molecule has 0 saturated heterocycles. The Balaban J connectivity index is 0.00000162. The molecule has 1 aliphatic rings. The number of nitrogens with two attached hydrogens (primary N) is 1. The van der Waals surface area contributed by atoms with Gasteiger partial charge in [0.15, 0.2) is 0 Å². The average molecular weight is 306 g/mol. The molecule has 1 saturated carbocycles. The summed E-state index contributed by atoms with van der Waals surface area (Å²) >= 11 is 0. The zero-order chi connectivity index (χ0) is 12.1. The van der Waals surface area contributed by atoms with Crippen molar-refractivity contribution in [3.63, 3.8) is 0 Å². The lowest BCUT2D eigenvalue weighted by Gasteiger charge is -2.38. The first-order valence-electron chi connectivity index (χ1n) is 6.12. The third kappa shape index (κ3) is 5.76. The van der Waals surface area contributed by atoms with E-state index in [2.05, 4.69) is 10.3 Å². The monoisotopic (exact) mass is 305 g/mol. The summed E-state index contributed by atoms with van der Waals surface area (Å²) in [7, 11) is 0. The summed E-state index contributed by atoms with van der Waals surface area (Å²) in [4.78, 5) is 15.6. The van der Waals surface area contributed by atoms with Crippen LogP contribution in [0.4, 0.5) is 0 Å². The van der Waals surface area contributed by atoms with E-state index in [9.17, 15) is 4.79 Å². The van der Waals surface area contributed by atoms with Gasteiger partial charge in [0.05, 0.1) is 0 Å². The highest BCUT2D eigenvalue weighted by Gasteiger charge is 2.32. The van der Waals surface area contributed by atoms with Crippen molar-refractivity contribution in [2.45, 2.75) is 37.6 Å². The summed E-state index contributed by atoms with van der Waals surface area (Å²) in [5.41, 5.74) is 7.04. The fourth-order valence-corrected chi connectivity index (χ4v) is 1.98. The lowest BCUT2D eigenvalue weighted by molar-refractivity contribution is -0.121. The molecule has 3 N–H and O–H groups in total. The molecule has 0 radical (unpaired) electrons. The molecule has 0 unspecified atom stereocenters. The van der Waals surface area contributed by atoms with Gasteiger partial charge in [-0.15, -0.1) is 24.8 Å². The minimum Gasteiger partial charge on any atom is -0.354 e. The summed E-state index contributed by atoms with van der Waals surface area (Å²) < 4.78 is 0. The van der Waals surface area contributed by atoms with Gasteiger partial charge >= 0.3 is 0 Å². The molecule has 1 fully saturated rings. The van der Waals surface area contributed by atoms with Crippen LogP contribution in [-0.2, 0) is 11.2 Å². The topological polar surface area (TPSA) is 68.0 Å². The van der Waals surface area contributed by atoms with Gasteiger partial charge in [0.25, 0.3) is 0 Å². The van der Waals surface area contributed by atoms with E-state index in [4.69, 9.17) is 5.73 Å². The highest BCUT2D eigenvalue weighted by Crippen LogP contribution is 2.27. The Morgan fingerprint density at radius 2 is 1.95 bits per heavy atom. The van der Waals surface area contributed by atoms with Crippen molar-refractivity contribution >= 4 is 30.7 Å². The number of halogens is 2. The molecule has 1 aromatic heterocycles. The van der Waals surface area contributed by atoms with Gasteiger partial charge in [0.1, 0.15) is 0 Å². The molecule has 0 spiro atoms. The highest BCUT2D eigenvalue weighted by molar-refractivity contribution is 5.85. The van der Waals surface area contributed by atoms with Gasteiger partial charge in [-0.05, 0) is 43.4 Å². The number of nitrogens with one attached hydrogen (secondary N) is 1. The number of hydrogen-bond donors (Lipinski definition) is 2. The number of pyridine rings is 1. The van der Waals surface area contributed by atoms with Crippen LogP contribution in [0.5, 0.6) is 0 Å².